The molecule has 2 atom stereocenters. The molecule has 0 aliphatic carbocycles. The highest BCUT2D eigenvalue weighted by Gasteiger charge is 2.21. The molecule has 2 N–H and O–H groups in total. The Morgan fingerprint density at radius 2 is 1.54 bits per heavy atom. The minimum absolute atomic E-state index is 0.0179. The van der Waals surface area contributed by atoms with E-state index in [4.69, 9.17) is 28.3 Å². The van der Waals surface area contributed by atoms with Crippen LogP contribution < -0.4 is 5.32 Å². The molecule has 2 unspecified atom stereocenters. The molecule has 136 valence electrons. The van der Waals surface area contributed by atoms with Gasteiger partial charge in [-0.25, -0.2) is 4.79 Å². The van der Waals surface area contributed by atoms with Crippen molar-refractivity contribution < 1.29 is 14.7 Å². The molecule has 2 rings (SSSR count). The zero-order valence-corrected chi connectivity index (χ0v) is 15.7. The molecule has 6 heteroatoms. The molecule has 0 heterocycles. The van der Waals surface area contributed by atoms with E-state index < -0.39 is 11.9 Å². The van der Waals surface area contributed by atoms with Crippen LogP contribution in [0.15, 0.2) is 60.7 Å². The van der Waals surface area contributed by atoms with Crippen molar-refractivity contribution in [3.63, 3.8) is 0 Å². The third kappa shape index (κ3) is 6.21. The first-order valence-electron chi connectivity index (χ1n) is 8.06. The quantitative estimate of drug-likeness (QED) is 0.684. The molecule has 0 radical (unpaired) electrons. The predicted molar refractivity (Wildman–Crippen MR) is 104 cm³/mol. The van der Waals surface area contributed by atoms with Gasteiger partial charge in [-0.05, 0) is 48.7 Å². The molecule has 0 aliphatic rings. The zero-order chi connectivity index (χ0) is 19.1. The SMILES string of the molecule is CC(NC(=O)/C=C\C(=O)O)C(Cc1ccc(Cl)cc1)c1ccc(Cl)cc1. The molecule has 1 amide bonds. The van der Waals surface area contributed by atoms with Gasteiger partial charge < -0.3 is 10.4 Å². The lowest BCUT2D eigenvalue weighted by atomic mass is 9.86. The number of carboxylic acids is 1. The van der Waals surface area contributed by atoms with Gasteiger partial charge in [-0.15, -0.1) is 0 Å². The summed E-state index contributed by atoms with van der Waals surface area (Å²) in [7, 11) is 0. The third-order valence-electron chi connectivity index (χ3n) is 4.02. The van der Waals surface area contributed by atoms with E-state index in [9.17, 15) is 9.59 Å². The second-order valence-electron chi connectivity index (χ2n) is 5.96. The number of aliphatic carboxylic acids is 1. The summed E-state index contributed by atoms with van der Waals surface area (Å²) in [6, 6.07) is 14.8. The standard InChI is InChI=1S/C20H19Cl2NO3/c1-13(23-19(24)10-11-20(25)26)18(15-4-8-17(22)9-5-15)12-14-2-6-16(21)7-3-14/h2-11,13,18H,12H2,1H3,(H,23,24)(H,25,26)/b11-10-. The van der Waals surface area contributed by atoms with Crippen molar-refractivity contribution in [2.24, 2.45) is 0 Å². The van der Waals surface area contributed by atoms with E-state index in [1.54, 1.807) is 0 Å². The molecule has 2 aromatic carbocycles. The number of carbonyl (C=O) groups is 2. The first-order chi connectivity index (χ1) is 12.3. The van der Waals surface area contributed by atoms with Gasteiger partial charge in [0.05, 0.1) is 0 Å². The molecule has 0 saturated heterocycles. The van der Waals surface area contributed by atoms with Gasteiger partial charge in [0, 0.05) is 34.2 Å². The maximum absolute atomic E-state index is 11.9. The molecular weight excluding hydrogens is 373 g/mol. The van der Waals surface area contributed by atoms with Crippen LogP contribution in [0.4, 0.5) is 0 Å². The fraction of sp³-hybridized carbons (Fsp3) is 0.200. The fourth-order valence-corrected chi connectivity index (χ4v) is 2.94. The van der Waals surface area contributed by atoms with E-state index in [0.29, 0.717) is 16.5 Å². The van der Waals surface area contributed by atoms with Gasteiger partial charge in [0.25, 0.3) is 0 Å². The van der Waals surface area contributed by atoms with Crippen LogP contribution in [0.5, 0.6) is 0 Å². The van der Waals surface area contributed by atoms with Crippen LogP contribution in [0.3, 0.4) is 0 Å². The van der Waals surface area contributed by atoms with Gasteiger partial charge in [0.2, 0.25) is 5.91 Å². The summed E-state index contributed by atoms with van der Waals surface area (Å²) >= 11 is 11.9. The van der Waals surface area contributed by atoms with Crippen LogP contribution in [0.1, 0.15) is 24.0 Å². The monoisotopic (exact) mass is 391 g/mol. The predicted octanol–water partition coefficient (Wildman–Crippen LogP) is 4.47. The first kappa shape index (κ1) is 20.0. The lowest BCUT2D eigenvalue weighted by molar-refractivity contribution is -0.131. The van der Waals surface area contributed by atoms with Gasteiger partial charge in [-0.1, -0.05) is 47.5 Å². The van der Waals surface area contributed by atoms with Crippen molar-refractivity contribution in [3.8, 4) is 0 Å². The van der Waals surface area contributed by atoms with Crippen molar-refractivity contribution in [1.82, 2.24) is 5.32 Å². The van der Waals surface area contributed by atoms with Crippen molar-refractivity contribution in [1.29, 1.82) is 0 Å². The van der Waals surface area contributed by atoms with Crippen LogP contribution >= 0.6 is 23.2 Å². The number of carbonyl (C=O) groups excluding carboxylic acids is 1. The minimum atomic E-state index is -1.16. The summed E-state index contributed by atoms with van der Waals surface area (Å²) in [5.41, 5.74) is 2.11. The number of amides is 1. The number of benzene rings is 2. The van der Waals surface area contributed by atoms with E-state index >= 15 is 0 Å². The van der Waals surface area contributed by atoms with Crippen LogP contribution in [-0.4, -0.2) is 23.0 Å². The normalized spacial score (nSPS) is 13.3. The maximum Gasteiger partial charge on any atom is 0.328 e. The molecule has 0 fully saturated rings. The van der Waals surface area contributed by atoms with Crippen molar-refractivity contribution in [2.75, 3.05) is 0 Å². The van der Waals surface area contributed by atoms with Crippen molar-refractivity contribution in [2.45, 2.75) is 25.3 Å². The largest absolute Gasteiger partial charge is 0.478 e. The number of halogens is 2. The summed E-state index contributed by atoms with van der Waals surface area (Å²) in [5.74, 6) is -1.63. The van der Waals surface area contributed by atoms with Gasteiger partial charge in [0.15, 0.2) is 0 Å². The Labute approximate surface area is 162 Å². The molecule has 2 aromatic rings. The molecule has 0 aromatic heterocycles. The van der Waals surface area contributed by atoms with Crippen LogP contribution in [0, 0.1) is 0 Å². The molecule has 0 bridgehead atoms. The van der Waals surface area contributed by atoms with Gasteiger partial charge in [0.1, 0.15) is 0 Å². The average molecular weight is 392 g/mol. The second-order valence-corrected chi connectivity index (χ2v) is 6.83. The topological polar surface area (TPSA) is 66.4 Å². The highest BCUT2D eigenvalue weighted by molar-refractivity contribution is 6.30. The van der Waals surface area contributed by atoms with E-state index in [0.717, 1.165) is 23.3 Å². The summed E-state index contributed by atoms with van der Waals surface area (Å²) in [4.78, 5) is 22.5. The van der Waals surface area contributed by atoms with E-state index in [-0.39, 0.29) is 12.0 Å². The van der Waals surface area contributed by atoms with Crippen LogP contribution in [0.2, 0.25) is 10.0 Å². The summed E-state index contributed by atoms with van der Waals surface area (Å²) in [5, 5.41) is 12.8. The Kier molecular flexibility index (Phi) is 7.25. The Morgan fingerprint density at radius 1 is 1.00 bits per heavy atom. The number of hydrogen-bond acceptors (Lipinski definition) is 2. The minimum Gasteiger partial charge on any atom is -0.478 e. The summed E-state index contributed by atoms with van der Waals surface area (Å²) < 4.78 is 0. The Morgan fingerprint density at radius 3 is 2.08 bits per heavy atom. The smallest absolute Gasteiger partial charge is 0.328 e. The van der Waals surface area contributed by atoms with E-state index in [1.807, 2.05) is 55.5 Å². The Balaban J connectivity index is 2.21. The molecule has 0 aliphatic heterocycles. The van der Waals surface area contributed by atoms with E-state index in [2.05, 4.69) is 5.32 Å². The van der Waals surface area contributed by atoms with Crippen LogP contribution in [0.25, 0.3) is 0 Å². The highest BCUT2D eigenvalue weighted by atomic mass is 35.5. The number of carboxylic acid groups (broad SMARTS) is 1. The lowest BCUT2D eigenvalue weighted by Gasteiger charge is -2.25. The van der Waals surface area contributed by atoms with Crippen molar-refractivity contribution in [3.05, 3.63) is 81.9 Å². The molecular formula is C20H19Cl2NO3. The highest BCUT2D eigenvalue weighted by Crippen LogP contribution is 2.26. The van der Waals surface area contributed by atoms with E-state index in [1.165, 1.54) is 0 Å². The maximum atomic E-state index is 11.9. The van der Waals surface area contributed by atoms with Gasteiger partial charge in [-0.2, -0.15) is 0 Å². The number of rotatable bonds is 7. The molecule has 26 heavy (non-hydrogen) atoms. The third-order valence-corrected chi connectivity index (χ3v) is 4.52. The second kappa shape index (κ2) is 9.41. The van der Waals surface area contributed by atoms with Gasteiger partial charge in [-0.3, -0.25) is 4.79 Å². The van der Waals surface area contributed by atoms with Crippen molar-refractivity contribution >= 4 is 35.1 Å². The number of nitrogens with one attached hydrogen (secondary N) is 1. The number of hydrogen-bond donors (Lipinski definition) is 2. The molecule has 0 spiro atoms. The Hall–Kier alpha value is -2.30. The first-order valence-corrected chi connectivity index (χ1v) is 8.82. The Bertz CT molecular complexity index is 786. The van der Waals surface area contributed by atoms with Crippen LogP contribution in [-0.2, 0) is 16.0 Å². The fourth-order valence-electron chi connectivity index (χ4n) is 2.69. The van der Waals surface area contributed by atoms with Gasteiger partial charge >= 0.3 is 5.97 Å². The molecule has 4 nitrogen and oxygen atoms in total. The summed E-state index contributed by atoms with van der Waals surface area (Å²) in [6.07, 6.45) is 2.52. The summed E-state index contributed by atoms with van der Waals surface area (Å²) in [6.45, 7) is 1.89. The lowest BCUT2D eigenvalue weighted by Crippen LogP contribution is -2.37. The zero-order valence-electron chi connectivity index (χ0n) is 14.2. The average Bonchev–Trinajstić information content (AvgIpc) is 2.60. The molecule has 0 saturated carbocycles.